The normalized spacial score (nSPS) is 16.4. The minimum atomic E-state index is -3.78. The molecule has 1 fully saturated rings. The van der Waals surface area contributed by atoms with Gasteiger partial charge in [-0.1, -0.05) is 13.8 Å². The van der Waals surface area contributed by atoms with E-state index in [0.717, 1.165) is 18.7 Å². The van der Waals surface area contributed by atoms with Gasteiger partial charge < -0.3 is 10.2 Å². The van der Waals surface area contributed by atoms with E-state index < -0.39 is 10.0 Å². The van der Waals surface area contributed by atoms with E-state index in [-0.39, 0.29) is 22.3 Å². The Morgan fingerprint density at radius 1 is 1.19 bits per heavy atom. The van der Waals surface area contributed by atoms with Crippen molar-refractivity contribution < 1.29 is 13.2 Å². The Bertz CT molecular complexity index is 1090. The third kappa shape index (κ3) is 5.15. The maximum atomic E-state index is 12.7. The van der Waals surface area contributed by atoms with E-state index in [1.807, 2.05) is 37.4 Å². The van der Waals surface area contributed by atoms with Crippen LogP contribution in [0.3, 0.4) is 0 Å². The molecule has 0 radical (unpaired) electrons. The van der Waals surface area contributed by atoms with Crippen LogP contribution in [0.15, 0.2) is 39.6 Å². The number of rotatable bonds is 5. The number of likely N-dealkylation sites (tertiary alicyclic amines) is 1. The molecule has 9 heteroatoms. The topological polar surface area (TPSA) is 96.7 Å². The molecular formula is C22H31N5O3S. The molecule has 0 saturated carbocycles. The van der Waals surface area contributed by atoms with E-state index in [0.29, 0.717) is 23.6 Å². The first-order chi connectivity index (χ1) is 14.4. The van der Waals surface area contributed by atoms with Crippen molar-refractivity contribution in [1.82, 2.24) is 14.7 Å². The molecule has 1 N–H and O–H groups in total. The lowest BCUT2D eigenvalue weighted by Gasteiger charge is -2.23. The van der Waals surface area contributed by atoms with Crippen molar-refractivity contribution in [3.63, 3.8) is 0 Å². The summed E-state index contributed by atoms with van der Waals surface area (Å²) in [6.45, 7) is 11.1. The van der Waals surface area contributed by atoms with Gasteiger partial charge in [0.05, 0.1) is 10.4 Å². The molecular weight excluding hydrogens is 414 g/mol. The minimum absolute atomic E-state index is 0.0948. The number of benzene rings is 1. The van der Waals surface area contributed by atoms with E-state index in [4.69, 9.17) is 0 Å². The van der Waals surface area contributed by atoms with Crippen molar-refractivity contribution in [2.75, 3.05) is 18.9 Å². The van der Waals surface area contributed by atoms with Gasteiger partial charge in [0.25, 0.3) is 15.9 Å². The van der Waals surface area contributed by atoms with Gasteiger partial charge in [0, 0.05) is 31.4 Å². The van der Waals surface area contributed by atoms with Crippen LogP contribution in [0.5, 0.6) is 0 Å². The fourth-order valence-electron chi connectivity index (χ4n) is 3.46. The average Bonchev–Trinajstić information content (AvgIpc) is 3.29. The highest BCUT2D eigenvalue weighted by atomic mass is 32.2. The second-order valence-electron chi connectivity index (χ2n) is 9.18. The van der Waals surface area contributed by atoms with Gasteiger partial charge >= 0.3 is 0 Å². The summed E-state index contributed by atoms with van der Waals surface area (Å²) >= 11 is 0. The summed E-state index contributed by atoms with van der Waals surface area (Å²) in [4.78, 5) is 14.7. The first kappa shape index (κ1) is 23.0. The molecule has 2 heterocycles. The summed E-state index contributed by atoms with van der Waals surface area (Å²) in [5.74, 6) is 0.458. The van der Waals surface area contributed by atoms with Crippen LogP contribution < -0.4 is 5.32 Å². The van der Waals surface area contributed by atoms with E-state index in [9.17, 15) is 13.2 Å². The lowest BCUT2D eigenvalue weighted by atomic mass is 10.1. The van der Waals surface area contributed by atoms with E-state index >= 15 is 0 Å². The van der Waals surface area contributed by atoms with Crippen molar-refractivity contribution >= 4 is 27.5 Å². The molecule has 168 valence electrons. The lowest BCUT2D eigenvalue weighted by Crippen LogP contribution is -2.26. The predicted molar refractivity (Wildman–Crippen MR) is 122 cm³/mol. The predicted octanol–water partition coefficient (Wildman–Crippen LogP) is 3.83. The SMILES string of the molecule is CC(C)c1cc(C(=O)Nc2ccc(S(=O)(=O)/N=C3/CCCN3C)cc2)nn1C(C)(C)C. The Morgan fingerprint density at radius 3 is 2.32 bits per heavy atom. The van der Waals surface area contributed by atoms with Gasteiger partial charge in [-0.05, 0) is 63.4 Å². The zero-order valence-corrected chi connectivity index (χ0v) is 19.8. The Balaban J connectivity index is 1.78. The standard InChI is InChI=1S/C22H31N5O3S/c1-15(2)19-14-18(24-27(19)22(3,4)5)21(28)23-16-9-11-17(12-10-16)31(29,30)25-20-8-7-13-26(20)6/h9-12,14-15H,7-8,13H2,1-6H3,(H,23,28)/b25-20-. The molecule has 1 aromatic heterocycles. The summed E-state index contributed by atoms with van der Waals surface area (Å²) in [6.07, 6.45) is 1.56. The zero-order chi connectivity index (χ0) is 23.0. The maximum absolute atomic E-state index is 12.7. The van der Waals surface area contributed by atoms with Crippen molar-refractivity contribution in [2.45, 2.75) is 63.8 Å². The summed E-state index contributed by atoms with van der Waals surface area (Å²) in [5, 5.41) is 7.30. The first-order valence-electron chi connectivity index (χ1n) is 10.5. The Kier molecular flexibility index (Phi) is 6.27. The summed E-state index contributed by atoms with van der Waals surface area (Å²) < 4.78 is 31.0. The number of nitrogens with zero attached hydrogens (tertiary/aromatic N) is 4. The van der Waals surface area contributed by atoms with Crippen LogP contribution in [0.2, 0.25) is 0 Å². The molecule has 0 bridgehead atoms. The highest BCUT2D eigenvalue weighted by Gasteiger charge is 2.24. The molecule has 1 aliphatic rings. The molecule has 0 aliphatic carbocycles. The Hall–Kier alpha value is -2.68. The molecule has 1 saturated heterocycles. The lowest BCUT2D eigenvalue weighted by molar-refractivity contribution is 0.102. The number of carbonyl (C=O) groups is 1. The number of hydrogen-bond donors (Lipinski definition) is 1. The van der Waals surface area contributed by atoms with Crippen LogP contribution in [0, 0.1) is 0 Å². The smallest absolute Gasteiger partial charge is 0.283 e. The van der Waals surface area contributed by atoms with Crippen molar-refractivity contribution in [3.8, 4) is 0 Å². The fraction of sp³-hybridized carbons (Fsp3) is 0.500. The number of sulfonamides is 1. The van der Waals surface area contributed by atoms with Gasteiger partial charge in [0.1, 0.15) is 5.84 Å². The molecule has 0 spiro atoms. The van der Waals surface area contributed by atoms with Gasteiger partial charge in [-0.15, -0.1) is 4.40 Å². The number of hydrogen-bond acceptors (Lipinski definition) is 4. The summed E-state index contributed by atoms with van der Waals surface area (Å²) in [6, 6.07) is 7.84. The molecule has 1 aromatic carbocycles. The molecule has 1 amide bonds. The van der Waals surface area contributed by atoms with Gasteiger partial charge in [-0.25, -0.2) is 0 Å². The van der Waals surface area contributed by atoms with Gasteiger partial charge in [0.2, 0.25) is 0 Å². The molecule has 3 rings (SSSR count). The van der Waals surface area contributed by atoms with Crippen LogP contribution in [0.25, 0.3) is 0 Å². The summed E-state index contributed by atoms with van der Waals surface area (Å²) in [7, 11) is -1.95. The molecule has 2 aromatic rings. The third-order valence-electron chi connectivity index (χ3n) is 5.17. The van der Waals surface area contributed by atoms with Crippen LogP contribution >= 0.6 is 0 Å². The Morgan fingerprint density at radius 2 is 1.84 bits per heavy atom. The van der Waals surface area contributed by atoms with Crippen molar-refractivity contribution in [1.29, 1.82) is 0 Å². The van der Waals surface area contributed by atoms with Crippen LogP contribution in [0.1, 0.15) is 69.6 Å². The fourth-order valence-corrected chi connectivity index (χ4v) is 4.55. The van der Waals surface area contributed by atoms with Gasteiger partial charge in [0.15, 0.2) is 5.69 Å². The van der Waals surface area contributed by atoms with Crippen LogP contribution in [0.4, 0.5) is 5.69 Å². The summed E-state index contributed by atoms with van der Waals surface area (Å²) in [5.41, 5.74) is 1.55. The van der Waals surface area contributed by atoms with Gasteiger partial charge in [-0.2, -0.15) is 13.5 Å². The monoisotopic (exact) mass is 445 g/mol. The number of aromatic nitrogens is 2. The third-order valence-corrected chi connectivity index (χ3v) is 6.49. The van der Waals surface area contributed by atoms with Crippen molar-refractivity contribution in [2.24, 2.45) is 4.40 Å². The Labute approximate surface area is 184 Å². The minimum Gasteiger partial charge on any atom is -0.362 e. The first-order valence-corrected chi connectivity index (χ1v) is 11.9. The number of amidine groups is 1. The van der Waals surface area contributed by atoms with Crippen LogP contribution in [-0.4, -0.2) is 48.4 Å². The second-order valence-corrected chi connectivity index (χ2v) is 10.8. The zero-order valence-electron chi connectivity index (χ0n) is 19.0. The molecule has 31 heavy (non-hydrogen) atoms. The molecule has 0 unspecified atom stereocenters. The van der Waals surface area contributed by atoms with E-state index in [2.05, 4.69) is 28.7 Å². The number of anilines is 1. The molecule has 8 nitrogen and oxygen atoms in total. The van der Waals surface area contributed by atoms with E-state index in [1.165, 1.54) is 12.1 Å². The highest BCUT2D eigenvalue weighted by Crippen LogP contribution is 2.24. The molecule has 0 atom stereocenters. The largest absolute Gasteiger partial charge is 0.362 e. The number of carbonyl (C=O) groups excluding carboxylic acids is 1. The van der Waals surface area contributed by atoms with Crippen molar-refractivity contribution in [3.05, 3.63) is 41.7 Å². The highest BCUT2D eigenvalue weighted by molar-refractivity contribution is 7.90. The van der Waals surface area contributed by atoms with Gasteiger partial charge in [-0.3, -0.25) is 9.48 Å². The number of nitrogens with one attached hydrogen (secondary N) is 1. The maximum Gasteiger partial charge on any atom is 0.283 e. The second kappa shape index (κ2) is 8.45. The number of amides is 1. The average molecular weight is 446 g/mol. The molecule has 1 aliphatic heterocycles. The van der Waals surface area contributed by atoms with E-state index in [1.54, 1.807) is 18.2 Å². The quantitative estimate of drug-likeness (QED) is 0.754. The van der Waals surface area contributed by atoms with Crippen LogP contribution in [-0.2, 0) is 15.6 Å².